The smallest absolute Gasteiger partial charge is 0.391 e. The van der Waals surface area contributed by atoms with Crippen LogP contribution < -0.4 is 5.48 Å². The van der Waals surface area contributed by atoms with Gasteiger partial charge in [0.15, 0.2) is 0 Å². The lowest BCUT2D eigenvalue weighted by Crippen LogP contribution is -2.25. The Morgan fingerprint density at radius 3 is 2.61 bits per heavy atom. The normalized spacial score (nSPS) is 18.5. The van der Waals surface area contributed by atoms with Gasteiger partial charge in [-0.15, -0.1) is 0 Å². The predicted molar refractivity (Wildman–Crippen MR) is 66.3 cm³/mol. The van der Waals surface area contributed by atoms with E-state index >= 15 is 0 Å². The number of amides is 1. The average molecular weight is 248 g/mol. The monoisotopic (exact) mass is 248 g/mol. The molecule has 0 bridgehead atoms. The number of nitrogens with one attached hydrogen (secondary N) is 1. The van der Waals surface area contributed by atoms with Crippen LogP contribution in [0.5, 0.6) is 0 Å². The molecule has 5 nitrogen and oxygen atoms in total. The summed E-state index contributed by atoms with van der Waals surface area (Å²) in [7, 11) is 3.26. The summed E-state index contributed by atoms with van der Waals surface area (Å²) in [6.45, 7) is 1.87. The van der Waals surface area contributed by atoms with Crippen LogP contribution in [0, 0.1) is 0 Å². The Morgan fingerprint density at radius 1 is 1.33 bits per heavy atom. The van der Waals surface area contributed by atoms with Crippen LogP contribution in [0.3, 0.4) is 0 Å². The van der Waals surface area contributed by atoms with E-state index in [0.29, 0.717) is 5.88 Å². The number of rotatable bonds is 2. The summed E-state index contributed by atoms with van der Waals surface area (Å²) in [5, 5.41) is 0. The second-order valence-corrected chi connectivity index (χ2v) is 4.29. The maximum atomic E-state index is 11.5. The van der Waals surface area contributed by atoms with Gasteiger partial charge in [0.05, 0.1) is 0 Å². The molecule has 1 amide bonds. The topological polar surface area (TPSA) is 50.8 Å². The van der Waals surface area contributed by atoms with E-state index in [1.165, 1.54) is 4.90 Å². The fourth-order valence-corrected chi connectivity index (χ4v) is 1.63. The highest BCUT2D eigenvalue weighted by atomic mass is 16.7. The summed E-state index contributed by atoms with van der Waals surface area (Å²) in [6.07, 6.45) is -0.662. The van der Waals surface area contributed by atoms with Gasteiger partial charge >= 0.3 is 6.09 Å². The summed E-state index contributed by atoms with van der Waals surface area (Å²) in [5.41, 5.74) is 4.51. The van der Waals surface area contributed by atoms with Crippen molar-refractivity contribution < 1.29 is 14.4 Å². The highest BCUT2D eigenvalue weighted by Crippen LogP contribution is 2.31. The van der Waals surface area contributed by atoms with E-state index < -0.39 is 6.09 Å². The first-order chi connectivity index (χ1) is 8.59. The van der Waals surface area contributed by atoms with Gasteiger partial charge in [0.1, 0.15) is 6.10 Å². The Labute approximate surface area is 106 Å². The molecule has 96 valence electrons. The fraction of sp³-hybridized carbons (Fsp3) is 0.308. The maximum absolute atomic E-state index is 11.5. The van der Waals surface area contributed by atoms with Gasteiger partial charge in [0.25, 0.3) is 0 Å². The van der Waals surface area contributed by atoms with Crippen LogP contribution in [0.1, 0.15) is 18.6 Å². The Morgan fingerprint density at radius 2 is 2.00 bits per heavy atom. The molecular weight excluding hydrogens is 232 g/mol. The molecule has 0 radical (unpaired) electrons. The van der Waals surface area contributed by atoms with Crippen LogP contribution >= 0.6 is 0 Å². The van der Waals surface area contributed by atoms with E-state index in [1.54, 1.807) is 14.1 Å². The minimum atomic E-state index is -0.436. The predicted octanol–water partition coefficient (Wildman–Crippen LogP) is 2.19. The molecule has 0 spiro atoms. The van der Waals surface area contributed by atoms with Crippen LogP contribution in [0.15, 0.2) is 41.8 Å². The largest absolute Gasteiger partial charge is 0.416 e. The number of ether oxygens (including phenoxy) is 1. The summed E-state index contributed by atoms with van der Waals surface area (Å²) < 4.78 is 5.17. The standard InChI is InChI=1S/C13H16N2O3/c1-9-11(10-7-5-4-6-8-10)18-14-12(9)17-13(16)15(2)3/h4-8,11,14H,1-3H3. The van der Waals surface area contributed by atoms with E-state index in [0.717, 1.165) is 11.1 Å². The molecule has 1 aliphatic rings. The van der Waals surface area contributed by atoms with Gasteiger partial charge in [-0.3, -0.25) is 4.84 Å². The minimum absolute atomic E-state index is 0.226. The van der Waals surface area contributed by atoms with Gasteiger partial charge in [0.2, 0.25) is 5.88 Å². The number of carbonyl (C=O) groups is 1. The highest BCUT2D eigenvalue weighted by Gasteiger charge is 2.27. The molecule has 0 saturated carbocycles. The van der Waals surface area contributed by atoms with Crippen molar-refractivity contribution in [3.8, 4) is 0 Å². The van der Waals surface area contributed by atoms with Gasteiger partial charge in [0, 0.05) is 19.7 Å². The molecule has 1 unspecified atom stereocenters. The van der Waals surface area contributed by atoms with Crippen molar-refractivity contribution in [1.82, 2.24) is 10.4 Å². The molecule has 0 saturated heterocycles. The van der Waals surface area contributed by atoms with E-state index in [1.807, 2.05) is 37.3 Å². The molecule has 18 heavy (non-hydrogen) atoms. The van der Waals surface area contributed by atoms with Crippen molar-refractivity contribution in [2.45, 2.75) is 13.0 Å². The van der Waals surface area contributed by atoms with Crippen molar-refractivity contribution in [2.24, 2.45) is 0 Å². The Balaban J connectivity index is 2.14. The van der Waals surface area contributed by atoms with Crippen LogP contribution in [-0.2, 0) is 9.57 Å². The first kappa shape index (κ1) is 12.4. The number of carbonyl (C=O) groups excluding carboxylic acids is 1. The van der Waals surface area contributed by atoms with Crippen LogP contribution in [-0.4, -0.2) is 25.1 Å². The average Bonchev–Trinajstić information content (AvgIpc) is 2.72. The van der Waals surface area contributed by atoms with Gasteiger partial charge in [-0.05, 0) is 12.5 Å². The molecule has 1 aromatic rings. The number of hydroxylamine groups is 1. The molecule has 2 rings (SSSR count). The zero-order valence-electron chi connectivity index (χ0n) is 10.6. The summed E-state index contributed by atoms with van der Waals surface area (Å²) >= 11 is 0. The molecule has 5 heteroatoms. The van der Waals surface area contributed by atoms with E-state index in [9.17, 15) is 4.79 Å². The highest BCUT2D eigenvalue weighted by molar-refractivity contribution is 5.68. The van der Waals surface area contributed by atoms with Crippen molar-refractivity contribution in [1.29, 1.82) is 0 Å². The summed E-state index contributed by atoms with van der Waals surface area (Å²) in [4.78, 5) is 18.2. The zero-order chi connectivity index (χ0) is 13.1. The van der Waals surface area contributed by atoms with Crippen LogP contribution in [0.2, 0.25) is 0 Å². The lowest BCUT2D eigenvalue weighted by Gasteiger charge is -2.11. The summed E-state index contributed by atoms with van der Waals surface area (Å²) in [5.74, 6) is 0.363. The Bertz CT molecular complexity index is 468. The van der Waals surface area contributed by atoms with E-state index in [-0.39, 0.29) is 6.10 Å². The van der Waals surface area contributed by atoms with Crippen LogP contribution in [0.4, 0.5) is 4.79 Å². The first-order valence-electron chi connectivity index (χ1n) is 5.66. The first-order valence-corrected chi connectivity index (χ1v) is 5.66. The number of benzene rings is 1. The third kappa shape index (κ3) is 2.46. The summed E-state index contributed by atoms with van der Waals surface area (Å²) in [6, 6.07) is 9.75. The van der Waals surface area contributed by atoms with E-state index in [2.05, 4.69) is 5.48 Å². The van der Waals surface area contributed by atoms with Gasteiger partial charge in [-0.2, -0.15) is 0 Å². The molecule has 1 N–H and O–H groups in total. The van der Waals surface area contributed by atoms with Gasteiger partial charge in [-0.25, -0.2) is 10.3 Å². The quantitative estimate of drug-likeness (QED) is 0.871. The fourth-order valence-electron chi connectivity index (χ4n) is 1.63. The van der Waals surface area contributed by atoms with Gasteiger partial charge < -0.3 is 9.64 Å². The van der Waals surface area contributed by atoms with Gasteiger partial charge in [-0.1, -0.05) is 30.3 Å². The molecule has 1 atom stereocenters. The maximum Gasteiger partial charge on any atom is 0.416 e. The molecule has 0 aliphatic carbocycles. The third-order valence-corrected chi connectivity index (χ3v) is 2.68. The molecule has 0 aromatic heterocycles. The SMILES string of the molecule is CC1=C(OC(=O)N(C)C)NOC1c1ccccc1. The molecule has 0 fully saturated rings. The second-order valence-electron chi connectivity index (χ2n) is 4.29. The van der Waals surface area contributed by atoms with Crippen molar-refractivity contribution in [2.75, 3.05) is 14.1 Å². The minimum Gasteiger partial charge on any atom is -0.391 e. The Kier molecular flexibility index (Phi) is 3.53. The molecule has 1 heterocycles. The van der Waals surface area contributed by atoms with Crippen LogP contribution in [0.25, 0.3) is 0 Å². The molecule has 1 aliphatic heterocycles. The second kappa shape index (κ2) is 5.10. The lowest BCUT2D eigenvalue weighted by molar-refractivity contribution is 0.0168. The zero-order valence-corrected chi connectivity index (χ0v) is 10.6. The third-order valence-electron chi connectivity index (χ3n) is 2.68. The molecular formula is C13H16N2O3. The number of hydrogen-bond acceptors (Lipinski definition) is 4. The van der Waals surface area contributed by atoms with Crippen molar-refractivity contribution in [3.63, 3.8) is 0 Å². The Hall–Kier alpha value is -2.01. The molecule has 1 aromatic carbocycles. The van der Waals surface area contributed by atoms with Crippen molar-refractivity contribution in [3.05, 3.63) is 47.4 Å². The van der Waals surface area contributed by atoms with Crippen molar-refractivity contribution >= 4 is 6.09 Å². The number of nitrogens with zero attached hydrogens (tertiary/aromatic N) is 1. The lowest BCUT2D eigenvalue weighted by atomic mass is 10.0. The van der Waals surface area contributed by atoms with E-state index in [4.69, 9.17) is 9.57 Å². The number of hydrogen-bond donors (Lipinski definition) is 1.